The van der Waals surface area contributed by atoms with E-state index in [2.05, 4.69) is 4.98 Å². The number of hydrogen-bond acceptors (Lipinski definition) is 1. The Kier molecular flexibility index (Phi) is 3.02. The SMILES string of the molecule is Fc1cncc(F)c1-c1cccc(C(F)(F)F)c1. The van der Waals surface area contributed by atoms with E-state index in [9.17, 15) is 22.0 Å². The maximum atomic E-state index is 13.4. The number of nitrogens with zero attached hydrogens (tertiary/aromatic N) is 1. The van der Waals surface area contributed by atoms with Crippen LogP contribution < -0.4 is 0 Å². The fourth-order valence-corrected chi connectivity index (χ4v) is 1.54. The summed E-state index contributed by atoms with van der Waals surface area (Å²) in [6, 6.07) is 3.83. The van der Waals surface area contributed by atoms with E-state index in [0.29, 0.717) is 6.07 Å². The lowest BCUT2D eigenvalue weighted by molar-refractivity contribution is -0.137. The van der Waals surface area contributed by atoms with Crippen LogP contribution in [0.25, 0.3) is 11.1 Å². The zero-order valence-corrected chi connectivity index (χ0v) is 8.80. The highest BCUT2D eigenvalue weighted by Gasteiger charge is 2.30. The first-order valence-electron chi connectivity index (χ1n) is 4.86. The van der Waals surface area contributed by atoms with Crippen LogP contribution in [-0.2, 0) is 6.18 Å². The van der Waals surface area contributed by atoms with Crippen molar-refractivity contribution in [3.63, 3.8) is 0 Å². The molecular weight excluding hydrogens is 253 g/mol. The highest BCUT2D eigenvalue weighted by atomic mass is 19.4. The summed E-state index contributed by atoms with van der Waals surface area (Å²) in [6.45, 7) is 0. The molecule has 6 heteroatoms. The molecule has 1 nitrogen and oxygen atoms in total. The smallest absolute Gasteiger partial charge is 0.259 e. The van der Waals surface area contributed by atoms with E-state index in [1.54, 1.807) is 0 Å². The van der Waals surface area contributed by atoms with Crippen molar-refractivity contribution in [1.82, 2.24) is 4.98 Å². The molecule has 0 aliphatic rings. The lowest BCUT2D eigenvalue weighted by atomic mass is 10.0. The molecule has 0 bridgehead atoms. The zero-order valence-electron chi connectivity index (χ0n) is 8.80. The van der Waals surface area contributed by atoms with Gasteiger partial charge in [0, 0.05) is 0 Å². The van der Waals surface area contributed by atoms with Crippen molar-refractivity contribution in [1.29, 1.82) is 0 Å². The topological polar surface area (TPSA) is 12.9 Å². The summed E-state index contributed by atoms with van der Waals surface area (Å²) in [5.74, 6) is -2.01. The van der Waals surface area contributed by atoms with Crippen LogP contribution >= 0.6 is 0 Å². The van der Waals surface area contributed by atoms with Crippen LogP contribution in [0.1, 0.15) is 5.56 Å². The third kappa shape index (κ3) is 2.32. The van der Waals surface area contributed by atoms with E-state index in [1.807, 2.05) is 0 Å². The van der Waals surface area contributed by atoms with E-state index in [0.717, 1.165) is 24.5 Å². The van der Waals surface area contributed by atoms with Gasteiger partial charge in [-0.05, 0) is 17.7 Å². The first-order chi connectivity index (χ1) is 8.39. The van der Waals surface area contributed by atoms with Gasteiger partial charge in [-0.3, -0.25) is 4.98 Å². The number of hydrogen-bond donors (Lipinski definition) is 0. The van der Waals surface area contributed by atoms with E-state index in [4.69, 9.17) is 0 Å². The van der Waals surface area contributed by atoms with Crippen molar-refractivity contribution < 1.29 is 22.0 Å². The molecule has 2 aromatic rings. The quantitative estimate of drug-likeness (QED) is 0.704. The number of pyridine rings is 1. The minimum atomic E-state index is -4.56. The van der Waals surface area contributed by atoms with Crippen molar-refractivity contribution in [3.8, 4) is 11.1 Å². The average molecular weight is 259 g/mol. The van der Waals surface area contributed by atoms with Crippen molar-refractivity contribution in [3.05, 3.63) is 53.9 Å². The molecule has 0 spiro atoms. The molecule has 18 heavy (non-hydrogen) atoms. The summed E-state index contributed by atoms with van der Waals surface area (Å²) in [5, 5.41) is 0. The van der Waals surface area contributed by atoms with Crippen molar-refractivity contribution >= 4 is 0 Å². The Bertz CT molecular complexity index is 557. The first-order valence-corrected chi connectivity index (χ1v) is 4.86. The average Bonchev–Trinajstić information content (AvgIpc) is 2.28. The van der Waals surface area contributed by atoms with Gasteiger partial charge < -0.3 is 0 Å². The summed E-state index contributed by atoms with van der Waals surface area (Å²) >= 11 is 0. The fraction of sp³-hybridized carbons (Fsp3) is 0.0833. The maximum Gasteiger partial charge on any atom is 0.416 e. The van der Waals surface area contributed by atoms with E-state index in [-0.39, 0.29) is 5.56 Å². The molecule has 1 aromatic heterocycles. The molecule has 0 radical (unpaired) electrons. The number of benzene rings is 1. The molecule has 0 atom stereocenters. The van der Waals surface area contributed by atoms with Gasteiger partial charge in [-0.1, -0.05) is 12.1 Å². The molecule has 0 unspecified atom stereocenters. The van der Waals surface area contributed by atoms with Gasteiger partial charge in [0.15, 0.2) is 11.6 Å². The van der Waals surface area contributed by atoms with Gasteiger partial charge in [0.2, 0.25) is 0 Å². The monoisotopic (exact) mass is 259 g/mol. The summed E-state index contributed by atoms with van der Waals surface area (Å²) in [6.07, 6.45) is -3.06. The normalized spacial score (nSPS) is 11.6. The predicted molar refractivity (Wildman–Crippen MR) is 54.6 cm³/mol. The molecule has 1 aromatic carbocycles. The van der Waals surface area contributed by atoms with Crippen LogP contribution in [0.3, 0.4) is 0 Å². The van der Waals surface area contributed by atoms with Crippen LogP contribution in [-0.4, -0.2) is 4.98 Å². The third-order valence-corrected chi connectivity index (χ3v) is 2.33. The van der Waals surface area contributed by atoms with Crippen molar-refractivity contribution in [2.75, 3.05) is 0 Å². The minimum absolute atomic E-state index is 0.178. The molecular formula is C12H6F5N. The molecule has 0 aliphatic carbocycles. The largest absolute Gasteiger partial charge is 0.416 e. The van der Waals surface area contributed by atoms with Gasteiger partial charge in [0.1, 0.15) is 0 Å². The molecule has 0 saturated heterocycles. The Hall–Kier alpha value is -1.98. The fourth-order valence-electron chi connectivity index (χ4n) is 1.54. The lowest BCUT2D eigenvalue weighted by Crippen LogP contribution is -2.05. The second-order valence-corrected chi connectivity index (χ2v) is 3.56. The third-order valence-electron chi connectivity index (χ3n) is 2.33. The highest BCUT2D eigenvalue weighted by molar-refractivity contribution is 5.65. The van der Waals surface area contributed by atoms with Crippen molar-refractivity contribution in [2.24, 2.45) is 0 Å². The Morgan fingerprint density at radius 1 is 0.944 bits per heavy atom. The van der Waals surface area contributed by atoms with E-state index in [1.165, 1.54) is 6.07 Å². The summed E-state index contributed by atoms with van der Waals surface area (Å²) < 4.78 is 64.2. The Balaban J connectivity index is 2.59. The van der Waals surface area contributed by atoms with E-state index >= 15 is 0 Å². The summed E-state index contributed by atoms with van der Waals surface area (Å²) in [7, 11) is 0. The molecule has 94 valence electrons. The number of alkyl halides is 3. The summed E-state index contributed by atoms with van der Waals surface area (Å²) in [5.41, 5.74) is -1.66. The van der Waals surface area contributed by atoms with Crippen LogP contribution in [0.15, 0.2) is 36.7 Å². The van der Waals surface area contributed by atoms with E-state index < -0.39 is 28.9 Å². The molecule has 0 saturated carbocycles. The second kappa shape index (κ2) is 4.36. The second-order valence-electron chi connectivity index (χ2n) is 3.56. The van der Waals surface area contributed by atoms with Gasteiger partial charge >= 0.3 is 6.18 Å². The molecule has 0 amide bonds. The molecule has 2 rings (SSSR count). The Morgan fingerprint density at radius 3 is 2.11 bits per heavy atom. The predicted octanol–water partition coefficient (Wildman–Crippen LogP) is 4.05. The molecule has 0 aliphatic heterocycles. The number of aromatic nitrogens is 1. The van der Waals surface area contributed by atoms with Gasteiger partial charge in [0.05, 0.1) is 23.5 Å². The van der Waals surface area contributed by atoms with Crippen molar-refractivity contribution in [2.45, 2.75) is 6.18 Å². The standard InChI is InChI=1S/C12H6F5N/c13-9-5-18-6-10(14)11(9)7-2-1-3-8(4-7)12(15,16)17/h1-6H. The van der Waals surface area contributed by atoms with Gasteiger partial charge in [-0.25, -0.2) is 8.78 Å². The van der Waals surface area contributed by atoms with Crippen LogP contribution in [0, 0.1) is 11.6 Å². The van der Waals surface area contributed by atoms with Crippen LogP contribution in [0.4, 0.5) is 22.0 Å². The zero-order chi connectivity index (χ0) is 13.3. The summed E-state index contributed by atoms with van der Waals surface area (Å²) in [4.78, 5) is 3.27. The number of rotatable bonds is 1. The molecule has 0 N–H and O–H groups in total. The minimum Gasteiger partial charge on any atom is -0.259 e. The Morgan fingerprint density at radius 2 is 1.56 bits per heavy atom. The Labute approximate surface area is 98.9 Å². The highest BCUT2D eigenvalue weighted by Crippen LogP contribution is 2.33. The lowest BCUT2D eigenvalue weighted by Gasteiger charge is -2.09. The van der Waals surface area contributed by atoms with Crippen LogP contribution in [0.5, 0.6) is 0 Å². The van der Waals surface area contributed by atoms with Gasteiger partial charge in [-0.2, -0.15) is 13.2 Å². The number of halogens is 5. The maximum absolute atomic E-state index is 13.4. The molecule has 0 fully saturated rings. The molecule has 1 heterocycles. The van der Waals surface area contributed by atoms with Crippen LogP contribution in [0.2, 0.25) is 0 Å². The van der Waals surface area contributed by atoms with Gasteiger partial charge in [0.25, 0.3) is 0 Å². The van der Waals surface area contributed by atoms with Gasteiger partial charge in [-0.15, -0.1) is 0 Å². The first kappa shape index (κ1) is 12.5.